The van der Waals surface area contributed by atoms with Crippen LogP contribution in [-0.4, -0.2) is 4.98 Å². The SMILES string of the molecule is Cc1cc(C)c(C)c(-c2ncsc2Br)c1C. The zero-order valence-electron chi connectivity index (χ0n) is 9.89. The van der Waals surface area contributed by atoms with Crippen molar-refractivity contribution in [3.63, 3.8) is 0 Å². The quantitative estimate of drug-likeness (QED) is 0.736. The van der Waals surface area contributed by atoms with E-state index in [1.165, 1.54) is 27.8 Å². The summed E-state index contributed by atoms with van der Waals surface area (Å²) in [6, 6.07) is 2.24. The van der Waals surface area contributed by atoms with Crippen molar-refractivity contribution in [2.45, 2.75) is 27.7 Å². The normalized spacial score (nSPS) is 10.8. The summed E-state index contributed by atoms with van der Waals surface area (Å²) in [6.07, 6.45) is 0. The van der Waals surface area contributed by atoms with Crippen LogP contribution in [0.25, 0.3) is 11.3 Å². The van der Waals surface area contributed by atoms with Crippen molar-refractivity contribution < 1.29 is 0 Å². The number of benzene rings is 1. The highest BCUT2D eigenvalue weighted by Crippen LogP contribution is 2.36. The second kappa shape index (κ2) is 4.30. The number of hydrogen-bond donors (Lipinski definition) is 0. The molecule has 0 N–H and O–H groups in total. The largest absolute Gasteiger partial charge is 0.243 e. The lowest BCUT2D eigenvalue weighted by Gasteiger charge is -2.13. The van der Waals surface area contributed by atoms with Gasteiger partial charge >= 0.3 is 0 Å². The number of aryl methyl sites for hydroxylation is 2. The zero-order valence-corrected chi connectivity index (χ0v) is 12.3. The summed E-state index contributed by atoms with van der Waals surface area (Å²) in [7, 11) is 0. The molecule has 2 rings (SSSR count). The van der Waals surface area contributed by atoms with Gasteiger partial charge in [-0.2, -0.15) is 0 Å². The molecule has 0 atom stereocenters. The first-order valence-electron chi connectivity index (χ1n) is 5.19. The molecule has 1 heterocycles. The first-order chi connectivity index (χ1) is 7.52. The third kappa shape index (κ3) is 1.82. The van der Waals surface area contributed by atoms with Crippen LogP contribution in [0.1, 0.15) is 22.3 Å². The Morgan fingerprint density at radius 2 is 1.62 bits per heavy atom. The van der Waals surface area contributed by atoms with E-state index in [1.54, 1.807) is 11.3 Å². The minimum Gasteiger partial charge on any atom is -0.243 e. The molecule has 0 radical (unpaired) electrons. The Labute approximate surface area is 109 Å². The average molecular weight is 296 g/mol. The lowest BCUT2D eigenvalue weighted by Crippen LogP contribution is -1.95. The summed E-state index contributed by atoms with van der Waals surface area (Å²) in [6.45, 7) is 8.66. The lowest BCUT2D eigenvalue weighted by atomic mass is 9.93. The lowest BCUT2D eigenvalue weighted by molar-refractivity contribution is 1.23. The highest BCUT2D eigenvalue weighted by Gasteiger charge is 2.14. The van der Waals surface area contributed by atoms with Gasteiger partial charge in [-0.05, 0) is 65.9 Å². The molecule has 1 nitrogen and oxygen atoms in total. The van der Waals surface area contributed by atoms with Crippen molar-refractivity contribution in [2.75, 3.05) is 0 Å². The molecule has 0 amide bonds. The summed E-state index contributed by atoms with van der Waals surface area (Å²) in [5.41, 5.74) is 9.56. The van der Waals surface area contributed by atoms with E-state index in [9.17, 15) is 0 Å². The first kappa shape index (κ1) is 11.8. The standard InChI is InChI=1S/C13H14BrNS/c1-7-5-8(2)10(4)11(9(7)3)12-13(14)16-6-15-12/h5-6H,1-4H3. The summed E-state index contributed by atoms with van der Waals surface area (Å²) in [5, 5.41) is 0. The van der Waals surface area contributed by atoms with Gasteiger partial charge in [0, 0.05) is 5.56 Å². The van der Waals surface area contributed by atoms with Gasteiger partial charge in [0.05, 0.1) is 15.0 Å². The molecule has 0 aliphatic rings. The molecule has 3 heteroatoms. The molecular formula is C13H14BrNS. The van der Waals surface area contributed by atoms with Crippen LogP contribution >= 0.6 is 27.3 Å². The van der Waals surface area contributed by atoms with Crippen LogP contribution in [0.2, 0.25) is 0 Å². The minimum atomic E-state index is 1.08. The van der Waals surface area contributed by atoms with Crippen molar-refractivity contribution in [3.05, 3.63) is 37.6 Å². The van der Waals surface area contributed by atoms with Gasteiger partial charge in [-0.25, -0.2) is 4.98 Å². The van der Waals surface area contributed by atoms with Gasteiger partial charge in [-0.3, -0.25) is 0 Å². The van der Waals surface area contributed by atoms with Crippen LogP contribution in [0.4, 0.5) is 0 Å². The third-order valence-electron chi connectivity index (χ3n) is 3.13. The van der Waals surface area contributed by atoms with Gasteiger partial charge in [-0.1, -0.05) is 6.07 Å². The molecule has 0 saturated carbocycles. The number of hydrogen-bond acceptors (Lipinski definition) is 2. The molecule has 16 heavy (non-hydrogen) atoms. The fourth-order valence-corrected chi connectivity index (χ4v) is 3.04. The molecule has 0 saturated heterocycles. The van der Waals surface area contributed by atoms with Gasteiger partial charge in [-0.15, -0.1) is 11.3 Å². The molecule has 84 valence electrons. The molecule has 0 aliphatic heterocycles. The van der Waals surface area contributed by atoms with Crippen molar-refractivity contribution in [3.8, 4) is 11.3 Å². The highest BCUT2D eigenvalue weighted by molar-refractivity contribution is 9.11. The Hall–Kier alpha value is -0.670. The van der Waals surface area contributed by atoms with Crippen LogP contribution < -0.4 is 0 Å². The highest BCUT2D eigenvalue weighted by atomic mass is 79.9. The Balaban J connectivity index is 2.79. The van der Waals surface area contributed by atoms with Crippen molar-refractivity contribution in [1.82, 2.24) is 4.98 Å². The number of aromatic nitrogens is 1. The Morgan fingerprint density at radius 3 is 2.06 bits per heavy atom. The third-order valence-corrected chi connectivity index (χ3v) is 4.67. The Bertz CT molecular complexity index is 517. The van der Waals surface area contributed by atoms with Crippen LogP contribution in [-0.2, 0) is 0 Å². The number of rotatable bonds is 1. The second-order valence-corrected chi connectivity index (χ2v) is 6.28. The van der Waals surface area contributed by atoms with Crippen LogP contribution in [0.15, 0.2) is 15.4 Å². The second-order valence-electron chi connectivity index (χ2n) is 4.11. The first-order valence-corrected chi connectivity index (χ1v) is 6.86. The van der Waals surface area contributed by atoms with Gasteiger partial charge in [0.25, 0.3) is 0 Å². The molecule has 0 aliphatic carbocycles. The smallest absolute Gasteiger partial charge is 0.0977 e. The zero-order chi connectivity index (χ0) is 11.9. The van der Waals surface area contributed by atoms with Gasteiger partial charge in [0.15, 0.2) is 0 Å². The maximum Gasteiger partial charge on any atom is 0.0977 e. The molecule has 0 fully saturated rings. The van der Waals surface area contributed by atoms with Gasteiger partial charge in [0.1, 0.15) is 0 Å². The predicted molar refractivity (Wildman–Crippen MR) is 74.2 cm³/mol. The molecular weight excluding hydrogens is 282 g/mol. The number of nitrogens with zero attached hydrogens (tertiary/aromatic N) is 1. The number of thiazole rings is 1. The van der Waals surface area contributed by atoms with E-state index in [2.05, 4.69) is 54.7 Å². The van der Waals surface area contributed by atoms with Crippen LogP contribution in [0.5, 0.6) is 0 Å². The molecule has 0 bridgehead atoms. The van der Waals surface area contributed by atoms with E-state index >= 15 is 0 Å². The monoisotopic (exact) mass is 295 g/mol. The van der Waals surface area contributed by atoms with E-state index in [1.807, 2.05) is 5.51 Å². The maximum absolute atomic E-state index is 4.46. The van der Waals surface area contributed by atoms with E-state index in [0.29, 0.717) is 0 Å². The summed E-state index contributed by atoms with van der Waals surface area (Å²) in [4.78, 5) is 4.46. The summed E-state index contributed by atoms with van der Waals surface area (Å²) < 4.78 is 1.11. The molecule has 0 spiro atoms. The number of halogens is 1. The fourth-order valence-electron chi connectivity index (χ4n) is 1.97. The fraction of sp³-hybridized carbons (Fsp3) is 0.308. The Morgan fingerprint density at radius 1 is 1.06 bits per heavy atom. The van der Waals surface area contributed by atoms with E-state index in [4.69, 9.17) is 0 Å². The van der Waals surface area contributed by atoms with E-state index in [0.717, 1.165) is 9.48 Å². The van der Waals surface area contributed by atoms with Crippen LogP contribution in [0.3, 0.4) is 0 Å². The molecule has 2 aromatic rings. The van der Waals surface area contributed by atoms with Gasteiger partial charge in [0.2, 0.25) is 0 Å². The van der Waals surface area contributed by atoms with E-state index < -0.39 is 0 Å². The Kier molecular flexibility index (Phi) is 3.17. The van der Waals surface area contributed by atoms with Gasteiger partial charge < -0.3 is 0 Å². The average Bonchev–Trinajstić information content (AvgIpc) is 2.63. The summed E-state index contributed by atoms with van der Waals surface area (Å²) in [5.74, 6) is 0. The maximum atomic E-state index is 4.46. The topological polar surface area (TPSA) is 12.9 Å². The summed E-state index contributed by atoms with van der Waals surface area (Å²) >= 11 is 5.21. The van der Waals surface area contributed by atoms with Crippen LogP contribution in [0, 0.1) is 27.7 Å². The van der Waals surface area contributed by atoms with Crippen molar-refractivity contribution in [2.24, 2.45) is 0 Å². The van der Waals surface area contributed by atoms with Crippen molar-refractivity contribution >= 4 is 27.3 Å². The molecule has 1 aromatic heterocycles. The predicted octanol–water partition coefficient (Wildman–Crippen LogP) is 4.81. The minimum absolute atomic E-state index is 1.08. The molecule has 1 aromatic carbocycles. The van der Waals surface area contributed by atoms with E-state index in [-0.39, 0.29) is 0 Å². The van der Waals surface area contributed by atoms with Crippen molar-refractivity contribution in [1.29, 1.82) is 0 Å². The molecule has 0 unspecified atom stereocenters.